The third-order valence-electron chi connectivity index (χ3n) is 4.32. The molecule has 0 unspecified atom stereocenters. The molecule has 2 amide bonds. The maximum Gasteiger partial charge on any atom is 0.330 e. The van der Waals surface area contributed by atoms with Gasteiger partial charge in [0.1, 0.15) is 11.5 Å². The molecule has 1 fully saturated rings. The van der Waals surface area contributed by atoms with Crippen molar-refractivity contribution < 1.29 is 9.53 Å². The molecule has 5 nitrogen and oxygen atoms in total. The molecule has 2 aromatic rings. The zero-order valence-electron chi connectivity index (χ0n) is 12.8. The quantitative estimate of drug-likeness (QED) is 0.896. The molecule has 1 saturated heterocycles. The molecular formula is C18H19N3O2. The number of hydrogen-bond acceptors (Lipinski definition) is 3. The number of amides is 2. The van der Waals surface area contributed by atoms with Gasteiger partial charge in [-0.05, 0) is 25.0 Å². The molecule has 23 heavy (non-hydrogen) atoms. The zero-order valence-corrected chi connectivity index (χ0v) is 12.8. The normalized spacial score (nSPS) is 17.0. The summed E-state index contributed by atoms with van der Waals surface area (Å²) in [5.41, 5.74) is 4.88. The molecule has 4 rings (SSSR count). The number of carbonyl (C=O) groups excluding carboxylic acids is 1. The largest absolute Gasteiger partial charge is 0.457 e. The van der Waals surface area contributed by atoms with Crippen LogP contribution in [0.3, 0.4) is 0 Å². The summed E-state index contributed by atoms with van der Waals surface area (Å²) in [5.74, 6) is 1.58. The van der Waals surface area contributed by atoms with Gasteiger partial charge >= 0.3 is 6.03 Å². The summed E-state index contributed by atoms with van der Waals surface area (Å²) >= 11 is 0. The van der Waals surface area contributed by atoms with Crippen LogP contribution in [0, 0.1) is 0 Å². The van der Waals surface area contributed by atoms with Crippen LogP contribution in [0.15, 0.2) is 48.5 Å². The lowest BCUT2D eigenvalue weighted by Crippen LogP contribution is -2.47. The van der Waals surface area contributed by atoms with E-state index in [1.165, 1.54) is 0 Å². The van der Waals surface area contributed by atoms with Gasteiger partial charge in [0.25, 0.3) is 0 Å². The highest BCUT2D eigenvalue weighted by atomic mass is 16.5. The van der Waals surface area contributed by atoms with E-state index in [9.17, 15) is 4.79 Å². The standard InChI is InChI=1S/C18H19N3O2/c22-18(20-21-11-5-6-12-21)19-17-13-7-1-3-9-15(13)23-16-10-4-2-8-14(16)17/h1-4,7-10,17H,5-6,11-12H2,(H2,19,20,22). The van der Waals surface area contributed by atoms with E-state index in [2.05, 4.69) is 10.7 Å². The number of nitrogens with zero attached hydrogens (tertiary/aromatic N) is 1. The summed E-state index contributed by atoms with van der Waals surface area (Å²) in [5, 5.41) is 5.05. The summed E-state index contributed by atoms with van der Waals surface area (Å²) in [6.45, 7) is 1.82. The molecular weight excluding hydrogens is 290 g/mol. The third-order valence-corrected chi connectivity index (χ3v) is 4.32. The Hall–Kier alpha value is -2.53. The summed E-state index contributed by atoms with van der Waals surface area (Å²) in [4.78, 5) is 12.4. The molecule has 2 aromatic carbocycles. The van der Waals surface area contributed by atoms with Crippen molar-refractivity contribution in [2.45, 2.75) is 18.9 Å². The van der Waals surface area contributed by atoms with E-state index in [4.69, 9.17) is 4.74 Å². The number of hydrazine groups is 1. The lowest BCUT2D eigenvalue weighted by molar-refractivity contribution is 0.195. The van der Waals surface area contributed by atoms with Gasteiger partial charge in [0.2, 0.25) is 0 Å². The van der Waals surface area contributed by atoms with E-state index in [1.54, 1.807) is 0 Å². The second-order valence-electron chi connectivity index (χ2n) is 5.89. The Balaban J connectivity index is 1.60. The minimum Gasteiger partial charge on any atom is -0.457 e. The predicted molar refractivity (Wildman–Crippen MR) is 87.3 cm³/mol. The summed E-state index contributed by atoms with van der Waals surface area (Å²) in [6.07, 6.45) is 2.26. The topological polar surface area (TPSA) is 53.6 Å². The Bertz CT molecular complexity index is 680. The fourth-order valence-electron chi connectivity index (χ4n) is 3.20. The third kappa shape index (κ3) is 2.75. The van der Waals surface area contributed by atoms with E-state index in [1.807, 2.05) is 53.5 Å². The first kappa shape index (κ1) is 14.1. The Morgan fingerprint density at radius 3 is 2.13 bits per heavy atom. The number of fused-ring (bicyclic) bond motifs is 2. The Morgan fingerprint density at radius 2 is 1.52 bits per heavy atom. The van der Waals surface area contributed by atoms with Gasteiger partial charge in [-0.1, -0.05) is 36.4 Å². The van der Waals surface area contributed by atoms with Crippen LogP contribution in [-0.2, 0) is 0 Å². The number of carbonyl (C=O) groups is 1. The highest BCUT2D eigenvalue weighted by molar-refractivity contribution is 5.75. The lowest BCUT2D eigenvalue weighted by Gasteiger charge is -2.29. The van der Waals surface area contributed by atoms with Crippen molar-refractivity contribution in [1.29, 1.82) is 0 Å². The molecule has 118 valence electrons. The molecule has 2 N–H and O–H groups in total. The van der Waals surface area contributed by atoms with Gasteiger partial charge in [-0.2, -0.15) is 0 Å². The number of nitrogens with one attached hydrogen (secondary N) is 2. The highest BCUT2D eigenvalue weighted by Crippen LogP contribution is 2.42. The van der Waals surface area contributed by atoms with E-state index >= 15 is 0 Å². The predicted octanol–water partition coefficient (Wildman–Crippen LogP) is 3.19. The monoisotopic (exact) mass is 309 g/mol. The van der Waals surface area contributed by atoms with Gasteiger partial charge in [0.05, 0.1) is 6.04 Å². The molecule has 0 aliphatic carbocycles. The van der Waals surface area contributed by atoms with E-state index in [-0.39, 0.29) is 12.1 Å². The van der Waals surface area contributed by atoms with Gasteiger partial charge < -0.3 is 10.1 Å². The van der Waals surface area contributed by atoms with Crippen molar-refractivity contribution in [2.75, 3.05) is 13.1 Å². The number of urea groups is 1. The first-order valence-electron chi connectivity index (χ1n) is 7.99. The Kier molecular flexibility index (Phi) is 3.63. The zero-order chi connectivity index (χ0) is 15.6. The molecule has 2 heterocycles. The van der Waals surface area contributed by atoms with Crippen molar-refractivity contribution >= 4 is 6.03 Å². The van der Waals surface area contributed by atoms with Crippen molar-refractivity contribution in [1.82, 2.24) is 15.8 Å². The van der Waals surface area contributed by atoms with E-state index in [0.717, 1.165) is 48.6 Å². The van der Waals surface area contributed by atoms with Crippen molar-refractivity contribution in [3.8, 4) is 11.5 Å². The maximum atomic E-state index is 12.4. The fraction of sp³-hybridized carbons (Fsp3) is 0.278. The second-order valence-corrected chi connectivity index (χ2v) is 5.89. The molecule has 0 radical (unpaired) electrons. The van der Waals surface area contributed by atoms with Gasteiger partial charge in [-0.3, -0.25) is 5.43 Å². The molecule has 2 aliphatic rings. The van der Waals surface area contributed by atoms with Gasteiger partial charge in [-0.25, -0.2) is 9.80 Å². The van der Waals surface area contributed by atoms with Gasteiger partial charge in [-0.15, -0.1) is 0 Å². The van der Waals surface area contributed by atoms with Crippen LogP contribution in [0.25, 0.3) is 0 Å². The average molecular weight is 309 g/mol. The van der Waals surface area contributed by atoms with Gasteiger partial charge in [0, 0.05) is 24.2 Å². The number of ether oxygens (including phenoxy) is 1. The molecule has 0 bridgehead atoms. The summed E-state index contributed by atoms with van der Waals surface area (Å²) in [7, 11) is 0. The van der Waals surface area contributed by atoms with Crippen LogP contribution in [-0.4, -0.2) is 24.1 Å². The maximum absolute atomic E-state index is 12.4. The first-order chi connectivity index (χ1) is 11.3. The second kappa shape index (κ2) is 5.93. The summed E-state index contributed by atoms with van der Waals surface area (Å²) < 4.78 is 5.94. The molecule has 2 aliphatic heterocycles. The smallest absolute Gasteiger partial charge is 0.330 e. The molecule has 0 saturated carbocycles. The average Bonchev–Trinajstić information content (AvgIpc) is 3.07. The number of hydrogen-bond donors (Lipinski definition) is 2. The Morgan fingerprint density at radius 1 is 0.957 bits per heavy atom. The minimum atomic E-state index is -0.209. The van der Waals surface area contributed by atoms with Crippen LogP contribution in [0.1, 0.15) is 30.0 Å². The molecule has 0 aromatic heterocycles. The van der Waals surface area contributed by atoms with Gasteiger partial charge in [0.15, 0.2) is 0 Å². The number of para-hydroxylation sites is 2. The van der Waals surface area contributed by atoms with Crippen LogP contribution in [0.2, 0.25) is 0 Å². The lowest BCUT2D eigenvalue weighted by atomic mass is 9.95. The van der Waals surface area contributed by atoms with Crippen LogP contribution < -0.4 is 15.5 Å². The molecule has 0 spiro atoms. The number of benzene rings is 2. The van der Waals surface area contributed by atoms with E-state index in [0.29, 0.717) is 0 Å². The molecule has 5 heteroatoms. The van der Waals surface area contributed by atoms with Crippen LogP contribution >= 0.6 is 0 Å². The van der Waals surface area contributed by atoms with Crippen molar-refractivity contribution in [3.05, 3.63) is 59.7 Å². The SMILES string of the molecule is O=C(NC1c2ccccc2Oc2ccccc21)NN1CCCC1. The molecule has 0 atom stereocenters. The summed E-state index contributed by atoms with van der Waals surface area (Å²) in [6, 6.07) is 15.3. The van der Waals surface area contributed by atoms with Crippen molar-refractivity contribution in [3.63, 3.8) is 0 Å². The van der Waals surface area contributed by atoms with Crippen LogP contribution in [0.5, 0.6) is 11.5 Å². The van der Waals surface area contributed by atoms with E-state index < -0.39 is 0 Å². The number of rotatable bonds is 2. The van der Waals surface area contributed by atoms with Crippen LogP contribution in [0.4, 0.5) is 4.79 Å². The van der Waals surface area contributed by atoms with Crippen molar-refractivity contribution in [2.24, 2.45) is 0 Å². The first-order valence-corrected chi connectivity index (χ1v) is 7.99. The minimum absolute atomic E-state index is 0.177. The highest BCUT2D eigenvalue weighted by Gasteiger charge is 2.28. The Labute approximate surface area is 135 Å². The fourth-order valence-corrected chi connectivity index (χ4v) is 3.20.